The van der Waals surface area contributed by atoms with Crippen molar-refractivity contribution in [1.29, 1.82) is 0 Å². The van der Waals surface area contributed by atoms with Crippen LogP contribution in [0.15, 0.2) is 24.3 Å². The van der Waals surface area contributed by atoms with E-state index in [-0.39, 0.29) is 12.6 Å². The summed E-state index contributed by atoms with van der Waals surface area (Å²) in [6.45, 7) is 0.761. The first-order valence-corrected chi connectivity index (χ1v) is 6.54. The molecule has 1 aromatic carbocycles. The second kappa shape index (κ2) is 5.82. The predicted molar refractivity (Wildman–Crippen MR) is 70.3 cm³/mol. The Labute approximate surface area is 111 Å². The molecule has 2 rings (SSSR count). The summed E-state index contributed by atoms with van der Waals surface area (Å²) in [6, 6.07) is 8.21. The summed E-state index contributed by atoms with van der Waals surface area (Å²) >= 11 is 0. The number of para-hydroxylation sites is 1. The highest BCUT2D eigenvalue weighted by Gasteiger charge is 2.29. The van der Waals surface area contributed by atoms with E-state index in [1.807, 2.05) is 23.1 Å². The van der Waals surface area contributed by atoms with Gasteiger partial charge in [0.25, 0.3) is 0 Å². The Morgan fingerprint density at radius 2 is 2.05 bits per heavy atom. The Hall–Kier alpha value is -1.23. The zero-order valence-corrected chi connectivity index (χ0v) is 11.0. The molecular formula is C14H19F3N2. The third-order valence-electron chi connectivity index (χ3n) is 3.66. The summed E-state index contributed by atoms with van der Waals surface area (Å²) in [5.41, 5.74) is 2.35. The van der Waals surface area contributed by atoms with Crippen LogP contribution >= 0.6 is 0 Å². The highest BCUT2D eigenvalue weighted by Crippen LogP contribution is 2.24. The Morgan fingerprint density at radius 1 is 1.32 bits per heavy atom. The Bertz CT molecular complexity index is 390. The first-order chi connectivity index (χ1) is 8.96. The SMILES string of the molecule is CN(CCC(F)(F)F)C1CCc2ccccc2NC1. The van der Waals surface area contributed by atoms with E-state index in [2.05, 4.69) is 11.4 Å². The van der Waals surface area contributed by atoms with Crippen LogP contribution in [0.3, 0.4) is 0 Å². The largest absolute Gasteiger partial charge is 0.390 e. The Kier molecular flexibility index (Phi) is 4.34. The van der Waals surface area contributed by atoms with Crippen LogP contribution in [0.25, 0.3) is 0 Å². The summed E-state index contributed by atoms with van der Waals surface area (Å²) in [4.78, 5) is 1.81. The molecule has 0 aliphatic carbocycles. The van der Waals surface area contributed by atoms with Gasteiger partial charge in [-0.05, 0) is 31.5 Å². The average molecular weight is 272 g/mol. The summed E-state index contributed by atoms with van der Waals surface area (Å²) in [6.07, 6.45) is -3.02. The maximum atomic E-state index is 12.2. The number of hydrogen-bond donors (Lipinski definition) is 1. The van der Waals surface area contributed by atoms with Gasteiger partial charge in [0.15, 0.2) is 0 Å². The van der Waals surface area contributed by atoms with Crippen molar-refractivity contribution in [3.63, 3.8) is 0 Å². The average Bonchev–Trinajstić information content (AvgIpc) is 2.57. The molecule has 0 fully saturated rings. The number of fused-ring (bicyclic) bond motifs is 1. The van der Waals surface area contributed by atoms with E-state index in [9.17, 15) is 13.2 Å². The third-order valence-corrected chi connectivity index (χ3v) is 3.66. The van der Waals surface area contributed by atoms with Gasteiger partial charge < -0.3 is 10.2 Å². The van der Waals surface area contributed by atoms with Crippen molar-refractivity contribution in [2.75, 3.05) is 25.5 Å². The molecule has 0 saturated heterocycles. The highest BCUT2D eigenvalue weighted by atomic mass is 19.4. The topological polar surface area (TPSA) is 15.3 Å². The first-order valence-electron chi connectivity index (χ1n) is 6.54. The van der Waals surface area contributed by atoms with Gasteiger partial charge in [-0.25, -0.2) is 0 Å². The number of nitrogens with one attached hydrogen (secondary N) is 1. The van der Waals surface area contributed by atoms with Crippen LogP contribution in [-0.2, 0) is 6.42 Å². The van der Waals surface area contributed by atoms with Gasteiger partial charge in [-0.2, -0.15) is 13.2 Å². The van der Waals surface area contributed by atoms with Gasteiger partial charge in [0.1, 0.15) is 0 Å². The van der Waals surface area contributed by atoms with Crippen LogP contribution in [0, 0.1) is 0 Å². The molecule has 0 spiro atoms. The molecular weight excluding hydrogens is 253 g/mol. The minimum absolute atomic E-state index is 0.0617. The zero-order chi connectivity index (χ0) is 13.9. The molecule has 5 heteroatoms. The molecule has 0 amide bonds. The summed E-state index contributed by atoms with van der Waals surface area (Å²) < 4.78 is 36.7. The number of rotatable bonds is 3. The number of hydrogen-bond acceptors (Lipinski definition) is 2. The minimum Gasteiger partial charge on any atom is -0.383 e. The third kappa shape index (κ3) is 4.13. The molecule has 0 saturated carbocycles. The predicted octanol–water partition coefficient (Wildman–Crippen LogP) is 3.30. The maximum Gasteiger partial charge on any atom is 0.390 e. The fraction of sp³-hybridized carbons (Fsp3) is 0.571. The normalized spacial score (nSPS) is 19.7. The Balaban J connectivity index is 1.90. The van der Waals surface area contributed by atoms with Crippen molar-refractivity contribution in [2.45, 2.75) is 31.5 Å². The Morgan fingerprint density at radius 3 is 2.79 bits per heavy atom. The van der Waals surface area contributed by atoms with Crippen molar-refractivity contribution in [2.24, 2.45) is 0 Å². The van der Waals surface area contributed by atoms with Gasteiger partial charge in [-0.1, -0.05) is 18.2 Å². The molecule has 19 heavy (non-hydrogen) atoms. The van der Waals surface area contributed by atoms with E-state index in [0.717, 1.165) is 18.5 Å². The van der Waals surface area contributed by atoms with Gasteiger partial charge >= 0.3 is 6.18 Å². The fourth-order valence-corrected chi connectivity index (χ4v) is 2.42. The molecule has 1 atom stereocenters. The van der Waals surface area contributed by atoms with Crippen molar-refractivity contribution in [1.82, 2.24) is 4.90 Å². The van der Waals surface area contributed by atoms with Crippen LogP contribution in [-0.4, -0.2) is 37.3 Å². The molecule has 0 bridgehead atoms. The van der Waals surface area contributed by atoms with Crippen LogP contribution in [0.5, 0.6) is 0 Å². The molecule has 1 aromatic rings. The van der Waals surface area contributed by atoms with Gasteiger partial charge in [-0.15, -0.1) is 0 Å². The fourth-order valence-electron chi connectivity index (χ4n) is 2.42. The van der Waals surface area contributed by atoms with Crippen molar-refractivity contribution in [3.05, 3.63) is 29.8 Å². The van der Waals surface area contributed by atoms with E-state index >= 15 is 0 Å². The van der Waals surface area contributed by atoms with Gasteiger partial charge in [0.2, 0.25) is 0 Å². The van der Waals surface area contributed by atoms with E-state index < -0.39 is 12.6 Å². The monoisotopic (exact) mass is 272 g/mol. The zero-order valence-electron chi connectivity index (χ0n) is 11.0. The molecule has 1 N–H and O–H groups in total. The molecule has 0 radical (unpaired) electrons. The van der Waals surface area contributed by atoms with Crippen molar-refractivity contribution < 1.29 is 13.2 Å². The summed E-state index contributed by atoms with van der Waals surface area (Å²) in [7, 11) is 1.77. The lowest BCUT2D eigenvalue weighted by Crippen LogP contribution is -2.38. The van der Waals surface area contributed by atoms with Crippen molar-refractivity contribution in [3.8, 4) is 0 Å². The molecule has 1 aliphatic heterocycles. The minimum atomic E-state index is -4.07. The lowest BCUT2D eigenvalue weighted by atomic mass is 10.1. The highest BCUT2D eigenvalue weighted by molar-refractivity contribution is 5.52. The maximum absolute atomic E-state index is 12.2. The number of nitrogens with zero attached hydrogens (tertiary/aromatic N) is 1. The van der Waals surface area contributed by atoms with Crippen LogP contribution in [0.2, 0.25) is 0 Å². The number of likely N-dealkylation sites (N-methyl/N-ethyl adjacent to an activating group) is 1. The summed E-state index contributed by atoms with van der Waals surface area (Å²) in [5, 5.41) is 3.33. The van der Waals surface area contributed by atoms with Crippen LogP contribution in [0.4, 0.5) is 18.9 Å². The smallest absolute Gasteiger partial charge is 0.383 e. The van der Waals surface area contributed by atoms with E-state index in [0.29, 0.717) is 6.54 Å². The second-order valence-electron chi connectivity index (χ2n) is 5.08. The van der Waals surface area contributed by atoms with Crippen LogP contribution < -0.4 is 5.32 Å². The number of aryl methyl sites for hydroxylation is 1. The molecule has 0 aromatic heterocycles. The number of alkyl halides is 3. The second-order valence-corrected chi connectivity index (χ2v) is 5.08. The van der Waals surface area contributed by atoms with Gasteiger partial charge in [-0.3, -0.25) is 0 Å². The quantitative estimate of drug-likeness (QED) is 0.908. The lowest BCUT2D eigenvalue weighted by molar-refractivity contribution is -0.138. The summed E-state index contributed by atoms with van der Waals surface area (Å²) in [5.74, 6) is 0. The molecule has 1 unspecified atom stereocenters. The molecule has 1 heterocycles. The van der Waals surface area contributed by atoms with E-state index in [1.54, 1.807) is 7.05 Å². The van der Waals surface area contributed by atoms with Crippen molar-refractivity contribution >= 4 is 5.69 Å². The number of benzene rings is 1. The molecule has 2 nitrogen and oxygen atoms in total. The molecule has 106 valence electrons. The van der Waals surface area contributed by atoms with Crippen LogP contribution in [0.1, 0.15) is 18.4 Å². The van der Waals surface area contributed by atoms with E-state index in [4.69, 9.17) is 0 Å². The number of halogens is 3. The molecule has 1 aliphatic rings. The van der Waals surface area contributed by atoms with Gasteiger partial charge in [0, 0.05) is 24.8 Å². The standard InChI is InChI=1S/C14H19F3N2/c1-19(9-8-14(15,16)17)12-7-6-11-4-2-3-5-13(11)18-10-12/h2-5,12,18H,6-10H2,1H3. The van der Waals surface area contributed by atoms with Gasteiger partial charge in [0.05, 0.1) is 6.42 Å². The number of anilines is 1. The lowest BCUT2D eigenvalue weighted by Gasteiger charge is -2.27. The first kappa shape index (κ1) is 14.2. The van der Waals surface area contributed by atoms with E-state index in [1.165, 1.54) is 5.56 Å².